The third kappa shape index (κ3) is 2.57. The smallest absolute Gasteiger partial charge is 0.263 e. The van der Waals surface area contributed by atoms with Gasteiger partial charge in [0.05, 0.1) is 17.3 Å². The van der Waals surface area contributed by atoms with Gasteiger partial charge in [0, 0.05) is 23.9 Å². The lowest BCUT2D eigenvalue weighted by Gasteiger charge is -2.12. The van der Waals surface area contributed by atoms with Gasteiger partial charge in [-0.05, 0) is 29.8 Å². The Morgan fingerprint density at radius 2 is 1.92 bits per heavy atom. The first-order valence-corrected chi connectivity index (χ1v) is 8.32. The molecule has 6 heteroatoms. The number of benzene rings is 2. The summed E-state index contributed by atoms with van der Waals surface area (Å²) in [5.74, 6) is -0.0176. The Balaban J connectivity index is 1.76. The normalized spacial score (nSPS) is 16.7. The first kappa shape index (κ1) is 15.7. The van der Waals surface area contributed by atoms with Crippen LogP contribution >= 0.6 is 11.6 Å². The first-order chi connectivity index (χ1) is 12.1. The van der Waals surface area contributed by atoms with Crippen LogP contribution in [0.25, 0.3) is 10.9 Å². The third-order valence-electron chi connectivity index (χ3n) is 4.59. The van der Waals surface area contributed by atoms with Crippen molar-refractivity contribution in [3.05, 3.63) is 75.0 Å². The number of pyridine rings is 1. The predicted octanol–water partition coefficient (Wildman–Crippen LogP) is 3.34. The van der Waals surface area contributed by atoms with Crippen LogP contribution in [0.4, 0.5) is 0 Å². The number of aromatic nitrogens is 1. The zero-order chi connectivity index (χ0) is 17.6. The van der Waals surface area contributed by atoms with Crippen LogP contribution in [0.2, 0.25) is 5.02 Å². The summed E-state index contributed by atoms with van der Waals surface area (Å²) in [7, 11) is 1.70. The monoisotopic (exact) mass is 353 g/mol. The molecule has 126 valence electrons. The molecule has 0 bridgehead atoms. The lowest BCUT2D eigenvalue weighted by atomic mass is 9.98. The van der Waals surface area contributed by atoms with Gasteiger partial charge in [0.1, 0.15) is 11.3 Å². The van der Waals surface area contributed by atoms with E-state index in [1.54, 1.807) is 17.7 Å². The van der Waals surface area contributed by atoms with Gasteiger partial charge in [-0.1, -0.05) is 35.9 Å². The van der Waals surface area contributed by atoms with E-state index in [1.807, 2.05) is 42.5 Å². The molecule has 1 aliphatic rings. The maximum absolute atomic E-state index is 12.8. The number of aryl methyl sites for hydroxylation is 1. The van der Waals surface area contributed by atoms with Gasteiger partial charge < -0.3 is 15.1 Å². The highest BCUT2D eigenvalue weighted by Crippen LogP contribution is 2.31. The molecule has 0 radical (unpaired) electrons. The molecule has 2 N–H and O–H groups in total. The molecule has 1 atom stereocenters. The van der Waals surface area contributed by atoms with Crippen LogP contribution in [0.3, 0.4) is 0 Å². The molecule has 0 unspecified atom stereocenters. The standard InChI is InChI=1S/C19H16ClN3O2/c1-23-16-5-3-2-4-13(16)18(24)17(19(23)25)15-10-14(21-22-15)11-6-8-12(20)9-7-11/h2-9,14,21,24H,10H2,1H3/t14-/m1/s1. The second-order valence-corrected chi connectivity index (χ2v) is 6.54. The number of aromatic hydroxyl groups is 1. The van der Waals surface area contributed by atoms with Gasteiger partial charge in [0.25, 0.3) is 5.56 Å². The summed E-state index contributed by atoms with van der Waals surface area (Å²) in [6.45, 7) is 0. The van der Waals surface area contributed by atoms with Crippen molar-refractivity contribution < 1.29 is 5.11 Å². The van der Waals surface area contributed by atoms with Gasteiger partial charge in [-0.15, -0.1) is 0 Å². The zero-order valence-corrected chi connectivity index (χ0v) is 14.3. The number of hydrogen-bond donors (Lipinski definition) is 2. The highest BCUT2D eigenvalue weighted by atomic mass is 35.5. The lowest BCUT2D eigenvalue weighted by molar-refractivity contribution is 0.478. The molecule has 0 spiro atoms. The van der Waals surface area contributed by atoms with Crippen LogP contribution in [-0.2, 0) is 7.05 Å². The number of nitrogens with one attached hydrogen (secondary N) is 1. The number of rotatable bonds is 2. The molecule has 4 rings (SSSR count). The summed E-state index contributed by atoms with van der Waals surface area (Å²) in [5.41, 5.74) is 5.32. The Bertz CT molecular complexity index is 1050. The maximum atomic E-state index is 12.8. The van der Waals surface area contributed by atoms with E-state index in [2.05, 4.69) is 10.5 Å². The molecule has 0 fully saturated rings. The molecule has 0 aliphatic carbocycles. The summed E-state index contributed by atoms with van der Waals surface area (Å²) in [6, 6.07) is 14.7. The van der Waals surface area contributed by atoms with Crippen molar-refractivity contribution in [1.29, 1.82) is 0 Å². The molecular formula is C19H16ClN3O2. The van der Waals surface area contributed by atoms with Gasteiger partial charge in [-0.2, -0.15) is 5.10 Å². The highest BCUT2D eigenvalue weighted by molar-refractivity contribution is 6.30. The molecular weight excluding hydrogens is 338 g/mol. The molecule has 3 aromatic rings. The van der Waals surface area contributed by atoms with Crippen molar-refractivity contribution in [3.8, 4) is 5.75 Å². The average molecular weight is 354 g/mol. The molecule has 0 amide bonds. The minimum Gasteiger partial charge on any atom is -0.506 e. The second-order valence-electron chi connectivity index (χ2n) is 6.10. The maximum Gasteiger partial charge on any atom is 0.263 e. The molecule has 1 aliphatic heterocycles. The number of para-hydroxylation sites is 1. The minimum absolute atomic E-state index is 0.0176. The van der Waals surface area contributed by atoms with E-state index < -0.39 is 0 Å². The summed E-state index contributed by atoms with van der Waals surface area (Å²) in [5, 5.41) is 16.3. The van der Waals surface area contributed by atoms with Crippen molar-refractivity contribution in [3.63, 3.8) is 0 Å². The fourth-order valence-corrected chi connectivity index (χ4v) is 3.35. The summed E-state index contributed by atoms with van der Waals surface area (Å²) in [4.78, 5) is 12.8. The van der Waals surface area contributed by atoms with Crippen LogP contribution in [0.1, 0.15) is 23.6 Å². The topological polar surface area (TPSA) is 66.6 Å². The Hall–Kier alpha value is -2.79. The third-order valence-corrected chi connectivity index (χ3v) is 4.84. The van der Waals surface area contributed by atoms with Crippen LogP contribution < -0.4 is 11.0 Å². The Kier molecular flexibility index (Phi) is 3.73. The Morgan fingerprint density at radius 1 is 1.20 bits per heavy atom. The number of nitrogens with zero attached hydrogens (tertiary/aromatic N) is 2. The average Bonchev–Trinajstić information content (AvgIpc) is 3.10. The van der Waals surface area contributed by atoms with Gasteiger partial charge in [-0.3, -0.25) is 4.79 Å². The molecule has 0 saturated carbocycles. The van der Waals surface area contributed by atoms with Crippen LogP contribution in [0.15, 0.2) is 58.4 Å². The second kappa shape index (κ2) is 5.93. The molecule has 5 nitrogen and oxygen atoms in total. The fraction of sp³-hybridized carbons (Fsp3) is 0.158. The van der Waals surface area contributed by atoms with E-state index in [0.29, 0.717) is 28.1 Å². The van der Waals surface area contributed by atoms with Crippen LogP contribution in [-0.4, -0.2) is 15.4 Å². The van der Waals surface area contributed by atoms with Crippen LogP contribution in [0.5, 0.6) is 5.75 Å². The number of hydrazone groups is 1. The van der Waals surface area contributed by atoms with Crippen molar-refractivity contribution >= 4 is 28.2 Å². The first-order valence-electron chi connectivity index (χ1n) is 7.95. The number of hydrogen-bond acceptors (Lipinski definition) is 4. The summed E-state index contributed by atoms with van der Waals surface area (Å²) in [6.07, 6.45) is 0.517. The van der Waals surface area contributed by atoms with E-state index in [9.17, 15) is 9.90 Å². The van der Waals surface area contributed by atoms with Gasteiger partial charge in [-0.25, -0.2) is 0 Å². The zero-order valence-electron chi connectivity index (χ0n) is 13.5. The van der Waals surface area contributed by atoms with E-state index >= 15 is 0 Å². The molecule has 25 heavy (non-hydrogen) atoms. The van der Waals surface area contributed by atoms with Crippen molar-refractivity contribution in [2.45, 2.75) is 12.5 Å². The highest BCUT2D eigenvalue weighted by Gasteiger charge is 2.27. The Morgan fingerprint density at radius 3 is 2.68 bits per heavy atom. The van der Waals surface area contributed by atoms with Crippen molar-refractivity contribution in [1.82, 2.24) is 9.99 Å². The van der Waals surface area contributed by atoms with Gasteiger partial charge >= 0.3 is 0 Å². The summed E-state index contributed by atoms with van der Waals surface area (Å²) < 4.78 is 1.54. The Labute approximate surface area is 149 Å². The fourth-order valence-electron chi connectivity index (χ4n) is 3.23. The van der Waals surface area contributed by atoms with E-state index in [0.717, 1.165) is 5.56 Å². The minimum atomic E-state index is -0.256. The largest absolute Gasteiger partial charge is 0.506 e. The van der Waals surface area contributed by atoms with Gasteiger partial charge in [0.15, 0.2) is 0 Å². The molecule has 0 saturated heterocycles. The summed E-state index contributed by atoms with van der Waals surface area (Å²) >= 11 is 5.93. The quantitative estimate of drug-likeness (QED) is 0.742. The molecule has 1 aromatic heterocycles. The lowest BCUT2D eigenvalue weighted by Crippen LogP contribution is -2.24. The van der Waals surface area contributed by atoms with Crippen molar-refractivity contribution in [2.75, 3.05) is 0 Å². The predicted molar refractivity (Wildman–Crippen MR) is 99.3 cm³/mol. The molecule has 2 aromatic carbocycles. The number of halogens is 1. The SMILES string of the molecule is Cn1c(=O)c(C2=NN[C@@H](c3ccc(Cl)cc3)C2)c(O)c2ccccc21. The van der Waals surface area contributed by atoms with Gasteiger partial charge in [0.2, 0.25) is 0 Å². The van der Waals surface area contributed by atoms with Crippen molar-refractivity contribution in [2.24, 2.45) is 12.1 Å². The van der Waals surface area contributed by atoms with E-state index in [1.165, 1.54) is 0 Å². The number of fused-ring (bicyclic) bond motifs is 1. The van der Waals surface area contributed by atoms with Crippen LogP contribution in [0, 0.1) is 0 Å². The molecule has 2 heterocycles. The van der Waals surface area contributed by atoms with E-state index in [-0.39, 0.29) is 22.9 Å². The van der Waals surface area contributed by atoms with E-state index in [4.69, 9.17) is 11.6 Å².